The molecule has 2 aliphatic heterocycles. The second-order valence-electron chi connectivity index (χ2n) is 6.80. The zero-order valence-corrected chi connectivity index (χ0v) is 18.3. The topological polar surface area (TPSA) is 53.6 Å². The highest BCUT2D eigenvalue weighted by atomic mass is 35.5. The highest BCUT2D eigenvalue weighted by molar-refractivity contribution is 7.99. The van der Waals surface area contributed by atoms with Crippen LogP contribution >= 0.6 is 36.6 Å². The summed E-state index contributed by atoms with van der Waals surface area (Å²) < 4.78 is 5.58. The molecule has 1 aromatic carbocycles. The first-order valence-corrected chi connectivity index (χ1v) is 10.3. The number of anilines is 1. The van der Waals surface area contributed by atoms with E-state index in [0.29, 0.717) is 12.8 Å². The van der Waals surface area contributed by atoms with Crippen LogP contribution in [0, 0.1) is 0 Å². The molecule has 0 atom stereocenters. The van der Waals surface area contributed by atoms with Crippen molar-refractivity contribution in [1.82, 2.24) is 10.2 Å². The number of rotatable bonds is 6. The quantitative estimate of drug-likeness (QED) is 0.719. The van der Waals surface area contributed by atoms with E-state index >= 15 is 0 Å². The van der Waals surface area contributed by atoms with Crippen LogP contribution in [0.5, 0.6) is 0 Å². The van der Waals surface area contributed by atoms with Gasteiger partial charge in [-0.05, 0) is 50.0 Å². The Morgan fingerprint density at radius 1 is 1.19 bits per heavy atom. The third-order valence-electron chi connectivity index (χ3n) is 5.25. The number of ether oxygens (including phenoxy) is 1. The SMILES string of the molecule is COC1(C(=O)Nc2ccc(CCN3CCSCC3)cc2)CCNCC1.Cl.Cl. The predicted molar refractivity (Wildman–Crippen MR) is 119 cm³/mol. The van der Waals surface area contributed by atoms with E-state index in [2.05, 4.69) is 27.7 Å². The van der Waals surface area contributed by atoms with Crippen molar-refractivity contribution in [2.24, 2.45) is 0 Å². The van der Waals surface area contributed by atoms with Crippen molar-refractivity contribution in [2.75, 3.05) is 56.7 Å². The molecule has 0 unspecified atom stereocenters. The highest BCUT2D eigenvalue weighted by Gasteiger charge is 2.39. The van der Waals surface area contributed by atoms with Crippen molar-refractivity contribution in [2.45, 2.75) is 24.9 Å². The van der Waals surface area contributed by atoms with E-state index < -0.39 is 5.60 Å². The normalized spacial score (nSPS) is 19.4. The molecule has 0 radical (unpaired) electrons. The minimum atomic E-state index is -0.698. The first-order valence-electron chi connectivity index (χ1n) is 9.18. The fourth-order valence-corrected chi connectivity index (χ4v) is 4.44. The molecule has 0 aromatic heterocycles. The molecule has 0 saturated carbocycles. The molecule has 0 spiro atoms. The van der Waals surface area contributed by atoms with Gasteiger partial charge in [-0.1, -0.05) is 12.1 Å². The van der Waals surface area contributed by atoms with E-state index in [9.17, 15) is 4.79 Å². The van der Waals surface area contributed by atoms with Gasteiger partial charge in [-0.2, -0.15) is 11.8 Å². The maximum Gasteiger partial charge on any atom is 0.256 e. The van der Waals surface area contributed by atoms with Crippen molar-refractivity contribution in [3.8, 4) is 0 Å². The van der Waals surface area contributed by atoms with Gasteiger partial charge in [-0.3, -0.25) is 4.79 Å². The lowest BCUT2D eigenvalue weighted by molar-refractivity contribution is -0.140. The van der Waals surface area contributed by atoms with Gasteiger partial charge < -0.3 is 20.3 Å². The molecule has 1 amide bonds. The summed E-state index contributed by atoms with van der Waals surface area (Å²) >= 11 is 2.05. The van der Waals surface area contributed by atoms with Gasteiger partial charge in [0.05, 0.1) is 0 Å². The minimum absolute atomic E-state index is 0. The number of methoxy groups -OCH3 is 1. The Labute approximate surface area is 179 Å². The van der Waals surface area contributed by atoms with E-state index in [1.54, 1.807) is 7.11 Å². The van der Waals surface area contributed by atoms with Crippen LogP contribution in [-0.2, 0) is 16.0 Å². The number of benzene rings is 1. The summed E-state index contributed by atoms with van der Waals surface area (Å²) in [6, 6.07) is 8.25. The number of hydrogen-bond acceptors (Lipinski definition) is 5. The smallest absolute Gasteiger partial charge is 0.256 e. The monoisotopic (exact) mass is 435 g/mol. The van der Waals surface area contributed by atoms with Crippen LogP contribution in [0.4, 0.5) is 5.69 Å². The average molecular weight is 436 g/mol. The molecular formula is C19H31Cl2N3O2S. The van der Waals surface area contributed by atoms with Gasteiger partial charge in [0.25, 0.3) is 5.91 Å². The Morgan fingerprint density at radius 3 is 2.41 bits per heavy atom. The Bertz CT molecular complexity index is 563. The molecule has 2 saturated heterocycles. The van der Waals surface area contributed by atoms with Gasteiger partial charge in [0.15, 0.2) is 0 Å². The summed E-state index contributed by atoms with van der Waals surface area (Å²) in [6.45, 7) is 5.15. The second kappa shape index (κ2) is 12.1. The second-order valence-corrected chi connectivity index (χ2v) is 8.03. The molecule has 154 valence electrons. The standard InChI is InChI=1S/C19H29N3O2S.2ClH/c1-24-19(7-9-20-10-8-19)18(23)21-17-4-2-16(3-5-17)6-11-22-12-14-25-15-13-22;;/h2-5,20H,6-15H2,1H3,(H,21,23);2*1H. The van der Waals surface area contributed by atoms with Gasteiger partial charge in [0.1, 0.15) is 5.60 Å². The first kappa shape index (κ1) is 24.5. The average Bonchev–Trinajstić information content (AvgIpc) is 2.68. The lowest BCUT2D eigenvalue weighted by Crippen LogP contribution is -2.51. The minimum Gasteiger partial charge on any atom is -0.368 e. The Kier molecular flexibility index (Phi) is 11.0. The molecule has 2 fully saturated rings. The third-order valence-corrected chi connectivity index (χ3v) is 6.19. The molecule has 0 bridgehead atoms. The van der Waals surface area contributed by atoms with E-state index in [4.69, 9.17) is 4.74 Å². The van der Waals surface area contributed by atoms with Crippen LogP contribution in [-0.4, -0.2) is 67.7 Å². The summed E-state index contributed by atoms with van der Waals surface area (Å²) in [7, 11) is 1.63. The highest BCUT2D eigenvalue weighted by Crippen LogP contribution is 2.24. The van der Waals surface area contributed by atoms with Crippen molar-refractivity contribution in [1.29, 1.82) is 0 Å². The predicted octanol–water partition coefficient (Wildman–Crippen LogP) is 2.83. The Balaban J connectivity index is 0.00000182. The maximum atomic E-state index is 12.7. The number of nitrogens with one attached hydrogen (secondary N) is 2. The molecule has 3 rings (SSSR count). The molecule has 8 heteroatoms. The van der Waals surface area contributed by atoms with E-state index in [1.165, 1.54) is 30.2 Å². The zero-order chi connectivity index (χ0) is 17.5. The summed E-state index contributed by atoms with van der Waals surface area (Å²) in [5.41, 5.74) is 1.47. The van der Waals surface area contributed by atoms with Crippen LogP contribution in [0.25, 0.3) is 0 Å². The van der Waals surface area contributed by atoms with Crippen molar-refractivity contribution in [3.63, 3.8) is 0 Å². The van der Waals surface area contributed by atoms with E-state index in [-0.39, 0.29) is 30.7 Å². The van der Waals surface area contributed by atoms with Crippen LogP contribution < -0.4 is 10.6 Å². The number of piperidine rings is 1. The van der Waals surface area contributed by atoms with Crippen LogP contribution in [0.2, 0.25) is 0 Å². The van der Waals surface area contributed by atoms with Crippen LogP contribution in [0.3, 0.4) is 0 Å². The fraction of sp³-hybridized carbons (Fsp3) is 0.632. The summed E-state index contributed by atoms with van der Waals surface area (Å²) in [5, 5.41) is 6.31. The van der Waals surface area contributed by atoms with Gasteiger partial charge in [0, 0.05) is 43.9 Å². The van der Waals surface area contributed by atoms with Gasteiger partial charge in [-0.25, -0.2) is 0 Å². The molecule has 27 heavy (non-hydrogen) atoms. The van der Waals surface area contributed by atoms with E-state index in [1.807, 2.05) is 23.9 Å². The largest absolute Gasteiger partial charge is 0.368 e. The molecule has 5 nitrogen and oxygen atoms in total. The van der Waals surface area contributed by atoms with Crippen molar-refractivity contribution in [3.05, 3.63) is 29.8 Å². The lowest BCUT2D eigenvalue weighted by atomic mass is 9.91. The summed E-state index contributed by atoms with van der Waals surface area (Å²) in [6.07, 6.45) is 2.48. The molecule has 0 aliphatic carbocycles. The number of halogens is 2. The number of hydrogen-bond donors (Lipinski definition) is 2. The molecule has 1 aromatic rings. The first-order chi connectivity index (χ1) is 12.2. The van der Waals surface area contributed by atoms with Crippen LogP contribution in [0.15, 0.2) is 24.3 Å². The summed E-state index contributed by atoms with van der Waals surface area (Å²) in [5.74, 6) is 2.47. The van der Waals surface area contributed by atoms with Crippen LogP contribution in [0.1, 0.15) is 18.4 Å². The molecule has 2 aliphatic rings. The molecule has 2 N–H and O–H groups in total. The van der Waals surface area contributed by atoms with Crippen molar-refractivity contribution < 1.29 is 9.53 Å². The number of carbonyl (C=O) groups is 1. The lowest BCUT2D eigenvalue weighted by Gasteiger charge is -2.34. The Morgan fingerprint density at radius 2 is 1.81 bits per heavy atom. The molecular weight excluding hydrogens is 405 g/mol. The van der Waals surface area contributed by atoms with E-state index in [0.717, 1.165) is 31.7 Å². The fourth-order valence-electron chi connectivity index (χ4n) is 3.47. The van der Waals surface area contributed by atoms with Gasteiger partial charge in [-0.15, -0.1) is 24.8 Å². The maximum absolute atomic E-state index is 12.7. The summed E-state index contributed by atoms with van der Waals surface area (Å²) in [4.78, 5) is 15.2. The number of carbonyl (C=O) groups excluding carboxylic acids is 1. The number of amides is 1. The van der Waals surface area contributed by atoms with Gasteiger partial charge in [0.2, 0.25) is 0 Å². The third kappa shape index (κ3) is 6.80. The number of thioether (sulfide) groups is 1. The Hall–Kier alpha value is -0.500. The van der Waals surface area contributed by atoms with Gasteiger partial charge >= 0.3 is 0 Å². The molecule has 2 heterocycles. The zero-order valence-electron chi connectivity index (χ0n) is 15.9. The van der Waals surface area contributed by atoms with Crippen molar-refractivity contribution >= 4 is 48.2 Å². The number of nitrogens with zero attached hydrogens (tertiary/aromatic N) is 1.